The summed E-state index contributed by atoms with van der Waals surface area (Å²) in [5.74, 6) is -0.942. The quantitative estimate of drug-likeness (QED) is 0.833. The van der Waals surface area contributed by atoms with Crippen molar-refractivity contribution in [2.45, 2.75) is 13.5 Å². The fourth-order valence-electron chi connectivity index (χ4n) is 2.19. The van der Waals surface area contributed by atoms with Crippen molar-refractivity contribution in [3.05, 3.63) is 54.3 Å². The Hall–Kier alpha value is -2.70. The van der Waals surface area contributed by atoms with Gasteiger partial charge in [0.2, 0.25) is 5.91 Å². The Balaban J connectivity index is 2.07. The molecule has 2 aromatic rings. The lowest BCUT2D eigenvalue weighted by Crippen LogP contribution is -2.33. The largest absolute Gasteiger partial charge is 0.433 e. The van der Waals surface area contributed by atoms with Crippen LogP contribution in [-0.2, 0) is 4.79 Å². The van der Waals surface area contributed by atoms with Crippen molar-refractivity contribution in [2.75, 3.05) is 23.3 Å². The first kappa shape index (κ1) is 17.7. The van der Waals surface area contributed by atoms with E-state index in [0.717, 1.165) is 0 Å². The van der Waals surface area contributed by atoms with Crippen LogP contribution in [0.2, 0.25) is 0 Å². The highest BCUT2D eigenvalue weighted by Gasteiger charge is 2.14. The lowest BCUT2D eigenvalue weighted by molar-refractivity contribution is -0.115. The Morgan fingerprint density at radius 3 is 2.62 bits per heavy atom. The fourth-order valence-corrected chi connectivity index (χ4v) is 2.19. The summed E-state index contributed by atoms with van der Waals surface area (Å²) >= 11 is 0. The minimum Gasteiger partial charge on any atom is -0.433 e. The van der Waals surface area contributed by atoms with E-state index >= 15 is 0 Å². The number of hydrogen-bond donors (Lipinski definition) is 1. The van der Waals surface area contributed by atoms with Gasteiger partial charge in [0, 0.05) is 12.2 Å². The molecule has 0 saturated carbocycles. The van der Waals surface area contributed by atoms with E-state index in [1.165, 1.54) is 30.3 Å². The number of amides is 1. The van der Waals surface area contributed by atoms with E-state index in [9.17, 15) is 18.0 Å². The zero-order chi connectivity index (χ0) is 17.5. The highest BCUT2D eigenvalue weighted by Crippen LogP contribution is 2.25. The third kappa shape index (κ3) is 4.91. The van der Waals surface area contributed by atoms with E-state index in [1.54, 1.807) is 23.1 Å². The number of anilines is 2. The lowest BCUT2D eigenvalue weighted by atomic mass is 10.2. The number of hydrogen-bond acceptors (Lipinski definition) is 3. The van der Waals surface area contributed by atoms with E-state index in [4.69, 9.17) is 0 Å². The molecule has 0 heterocycles. The average Bonchev–Trinajstić information content (AvgIpc) is 2.54. The number of benzene rings is 2. The molecule has 0 fully saturated rings. The molecule has 4 nitrogen and oxygen atoms in total. The maximum absolute atomic E-state index is 13.3. The van der Waals surface area contributed by atoms with Gasteiger partial charge in [-0.25, -0.2) is 4.39 Å². The van der Waals surface area contributed by atoms with Crippen molar-refractivity contribution in [3.63, 3.8) is 0 Å². The van der Waals surface area contributed by atoms with Crippen LogP contribution < -0.4 is 15.0 Å². The van der Waals surface area contributed by atoms with Gasteiger partial charge in [-0.15, -0.1) is 0 Å². The van der Waals surface area contributed by atoms with Gasteiger partial charge in [0.25, 0.3) is 0 Å². The first-order valence-electron chi connectivity index (χ1n) is 7.33. The first-order chi connectivity index (χ1) is 11.5. The molecule has 7 heteroatoms. The number of carbonyl (C=O) groups is 1. The summed E-state index contributed by atoms with van der Waals surface area (Å²) < 4.78 is 42.4. The topological polar surface area (TPSA) is 41.6 Å². The Labute approximate surface area is 137 Å². The number of halogens is 3. The van der Waals surface area contributed by atoms with Crippen LogP contribution in [0.25, 0.3) is 0 Å². The number of ether oxygens (including phenoxy) is 1. The smallest absolute Gasteiger partial charge is 0.387 e. The van der Waals surface area contributed by atoms with Crippen LogP contribution in [0, 0.1) is 5.82 Å². The van der Waals surface area contributed by atoms with Crippen LogP contribution in [0.1, 0.15) is 6.92 Å². The third-order valence-electron chi connectivity index (χ3n) is 3.27. The number of nitrogens with zero attached hydrogens (tertiary/aromatic N) is 1. The maximum Gasteiger partial charge on any atom is 0.387 e. The summed E-state index contributed by atoms with van der Waals surface area (Å²) in [7, 11) is 0. The SMILES string of the molecule is CCN(CC(=O)Nc1ccccc1OC(F)F)c1cccc(F)c1. The Morgan fingerprint density at radius 2 is 1.96 bits per heavy atom. The van der Waals surface area contributed by atoms with Crippen LogP contribution in [0.3, 0.4) is 0 Å². The van der Waals surface area contributed by atoms with Crippen LogP contribution in [0.15, 0.2) is 48.5 Å². The van der Waals surface area contributed by atoms with E-state index in [-0.39, 0.29) is 18.0 Å². The second-order valence-corrected chi connectivity index (χ2v) is 4.92. The molecule has 2 rings (SSSR count). The summed E-state index contributed by atoms with van der Waals surface area (Å²) in [4.78, 5) is 13.9. The predicted octanol–water partition coefficient (Wildman–Crippen LogP) is 3.89. The van der Waals surface area contributed by atoms with Gasteiger partial charge in [-0.2, -0.15) is 8.78 Å². The summed E-state index contributed by atoms with van der Waals surface area (Å²) in [6.45, 7) is -0.733. The molecule has 0 saturated heterocycles. The molecular weight excluding hydrogens is 321 g/mol. The fraction of sp³-hybridized carbons (Fsp3) is 0.235. The number of rotatable bonds is 7. The minimum absolute atomic E-state index is 0.0526. The Morgan fingerprint density at radius 1 is 1.21 bits per heavy atom. The first-order valence-corrected chi connectivity index (χ1v) is 7.33. The van der Waals surface area contributed by atoms with Gasteiger partial charge in [0.1, 0.15) is 11.6 Å². The average molecular weight is 338 g/mol. The highest BCUT2D eigenvalue weighted by atomic mass is 19.3. The van der Waals surface area contributed by atoms with Crippen molar-refractivity contribution >= 4 is 17.3 Å². The van der Waals surface area contributed by atoms with Gasteiger partial charge >= 0.3 is 6.61 Å². The van der Waals surface area contributed by atoms with Gasteiger partial charge in [0.05, 0.1) is 12.2 Å². The second-order valence-electron chi connectivity index (χ2n) is 4.92. The van der Waals surface area contributed by atoms with Crippen molar-refractivity contribution in [1.29, 1.82) is 0 Å². The standard InChI is InChI=1S/C17H17F3N2O2/c1-2-22(13-7-5-6-12(18)10-13)11-16(23)21-14-8-3-4-9-15(14)24-17(19)20/h3-10,17H,2,11H2,1H3,(H,21,23). The van der Waals surface area contributed by atoms with Crippen LogP contribution in [0.4, 0.5) is 24.5 Å². The molecular formula is C17H17F3N2O2. The third-order valence-corrected chi connectivity index (χ3v) is 3.27. The number of nitrogens with one attached hydrogen (secondary N) is 1. The van der Waals surface area contributed by atoms with Crippen molar-refractivity contribution in [1.82, 2.24) is 0 Å². The Bertz CT molecular complexity index is 695. The molecule has 0 unspecified atom stereocenters. The molecule has 0 spiro atoms. The minimum atomic E-state index is -2.98. The van der Waals surface area contributed by atoms with E-state index in [1.807, 2.05) is 6.92 Å². The molecule has 0 radical (unpaired) electrons. The molecule has 1 N–H and O–H groups in total. The molecule has 2 aromatic carbocycles. The number of likely N-dealkylation sites (N-methyl/N-ethyl adjacent to an activating group) is 1. The molecule has 0 aliphatic carbocycles. The normalized spacial score (nSPS) is 10.5. The zero-order valence-corrected chi connectivity index (χ0v) is 13.0. The summed E-state index contributed by atoms with van der Waals surface area (Å²) in [6.07, 6.45) is 0. The van der Waals surface area contributed by atoms with Gasteiger partial charge in [-0.3, -0.25) is 4.79 Å². The van der Waals surface area contributed by atoms with E-state index < -0.39 is 18.3 Å². The highest BCUT2D eigenvalue weighted by molar-refractivity contribution is 5.95. The maximum atomic E-state index is 13.3. The number of carbonyl (C=O) groups excluding carboxylic acids is 1. The van der Waals surface area contributed by atoms with Crippen LogP contribution >= 0.6 is 0 Å². The molecule has 24 heavy (non-hydrogen) atoms. The summed E-state index contributed by atoms with van der Waals surface area (Å²) in [5.41, 5.74) is 0.711. The molecule has 1 amide bonds. The van der Waals surface area contributed by atoms with Gasteiger partial charge in [0.15, 0.2) is 0 Å². The molecule has 0 atom stereocenters. The van der Waals surface area contributed by atoms with Crippen molar-refractivity contribution in [2.24, 2.45) is 0 Å². The lowest BCUT2D eigenvalue weighted by Gasteiger charge is -2.22. The van der Waals surface area contributed by atoms with Gasteiger partial charge < -0.3 is 15.0 Å². The number of para-hydroxylation sites is 2. The summed E-state index contributed by atoms with van der Waals surface area (Å²) in [6, 6.07) is 11.8. The van der Waals surface area contributed by atoms with Crippen LogP contribution in [-0.4, -0.2) is 25.6 Å². The molecule has 0 aliphatic rings. The molecule has 0 bridgehead atoms. The van der Waals surface area contributed by atoms with E-state index in [2.05, 4.69) is 10.1 Å². The molecule has 128 valence electrons. The second kappa shape index (κ2) is 8.24. The predicted molar refractivity (Wildman–Crippen MR) is 86.0 cm³/mol. The molecule has 0 aromatic heterocycles. The Kier molecular flexibility index (Phi) is 6.06. The van der Waals surface area contributed by atoms with Gasteiger partial charge in [-0.1, -0.05) is 18.2 Å². The number of alkyl halides is 2. The zero-order valence-electron chi connectivity index (χ0n) is 13.0. The van der Waals surface area contributed by atoms with Crippen molar-refractivity contribution in [3.8, 4) is 5.75 Å². The van der Waals surface area contributed by atoms with Crippen LogP contribution in [0.5, 0.6) is 5.75 Å². The molecule has 0 aliphatic heterocycles. The summed E-state index contributed by atoms with van der Waals surface area (Å²) in [5, 5.41) is 2.53. The van der Waals surface area contributed by atoms with Gasteiger partial charge in [-0.05, 0) is 37.3 Å². The monoisotopic (exact) mass is 338 g/mol. The van der Waals surface area contributed by atoms with Crippen molar-refractivity contribution < 1.29 is 22.7 Å². The van der Waals surface area contributed by atoms with E-state index in [0.29, 0.717) is 12.2 Å².